The number of aliphatic hydroxyl groups excluding tert-OH is 2. The average Bonchev–Trinajstić information content (AvgIpc) is 2.93. The lowest BCUT2D eigenvalue weighted by molar-refractivity contribution is 0.0438. The van der Waals surface area contributed by atoms with Crippen LogP contribution < -0.4 is 15.0 Å². The first-order valence-corrected chi connectivity index (χ1v) is 8.46. The van der Waals surface area contributed by atoms with Crippen LogP contribution in [0.2, 0.25) is 0 Å². The van der Waals surface area contributed by atoms with Gasteiger partial charge in [0.1, 0.15) is 6.10 Å². The number of fused-ring (bicyclic) bond motifs is 1. The molecule has 1 aliphatic carbocycles. The smallest absolute Gasteiger partial charge is 0.229 e. The molecule has 2 fully saturated rings. The van der Waals surface area contributed by atoms with Crippen molar-refractivity contribution >= 4 is 29.3 Å². The lowest BCUT2D eigenvalue weighted by atomic mass is 10.2. The van der Waals surface area contributed by atoms with Crippen molar-refractivity contribution in [3.63, 3.8) is 0 Å². The molecule has 0 radical (unpaired) electrons. The van der Waals surface area contributed by atoms with Crippen LogP contribution in [0.3, 0.4) is 0 Å². The van der Waals surface area contributed by atoms with Crippen LogP contribution in [0.5, 0.6) is 5.88 Å². The Morgan fingerprint density at radius 1 is 1.04 bits per heavy atom. The Labute approximate surface area is 152 Å². The lowest BCUT2D eigenvalue weighted by Crippen LogP contribution is -2.44. The quantitative estimate of drug-likeness (QED) is 0.737. The van der Waals surface area contributed by atoms with Crippen LogP contribution in [0.4, 0.5) is 5.95 Å². The second kappa shape index (κ2) is 7.70. The number of aromatic nitrogens is 2. The van der Waals surface area contributed by atoms with E-state index in [1.165, 1.54) is 0 Å². The molecule has 0 amide bonds. The Morgan fingerprint density at radius 2 is 1.72 bits per heavy atom. The Hall–Kier alpha value is -1.67. The van der Waals surface area contributed by atoms with Crippen molar-refractivity contribution < 1.29 is 14.9 Å². The van der Waals surface area contributed by atoms with Crippen LogP contribution >= 0.6 is 12.4 Å². The van der Waals surface area contributed by atoms with Crippen LogP contribution in [0.1, 0.15) is 12.8 Å². The van der Waals surface area contributed by atoms with E-state index in [1.807, 2.05) is 24.3 Å². The summed E-state index contributed by atoms with van der Waals surface area (Å²) < 4.78 is 6.05. The Bertz CT molecular complexity index is 716. The standard InChI is InChI=1S/C17H22N4O3.ClH/c22-14-9-11(10-15(14)23)24-16-12-3-1-2-4-13(12)19-17(20-16)21-7-5-18-6-8-21;/h1-4,11,14-15,18,22-23H,5-10H2;1H/t11?,14-,15+;. The number of piperazine rings is 1. The molecule has 0 spiro atoms. The molecule has 2 aromatic rings. The van der Waals surface area contributed by atoms with Gasteiger partial charge in [-0.25, -0.2) is 4.98 Å². The van der Waals surface area contributed by atoms with Crippen LogP contribution in [0, 0.1) is 0 Å². The fraction of sp³-hybridized carbons (Fsp3) is 0.529. The van der Waals surface area contributed by atoms with Gasteiger partial charge in [0.15, 0.2) is 0 Å². The highest BCUT2D eigenvalue weighted by Gasteiger charge is 2.33. The number of hydrogen-bond acceptors (Lipinski definition) is 7. The van der Waals surface area contributed by atoms with Crippen molar-refractivity contribution in [2.24, 2.45) is 0 Å². The topological polar surface area (TPSA) is 90.7 Å². The van der Waals surface area contributed by atoms with Gasteiger partial charge in [0, 0.05) is 39.0 Å². The first-order chi connectivity index (χ1) is 11.7. The molecule has 3 N–H and O–H groups in total. The number of halogens is 1. The minimum absolute atomic E-state index is 0. The summed E-state index contributed by atoms with van der Waals surface area (Å²) in [6.45, 7) is 3.54. The predicted octanol–water partition coefficient (Wildman–Crippen LogP) is 0.724. The van der Waals surface area contributed by atoms with Crippen molar-refractivity contribution in [2.75, 3.05) is 31.1 Å². The molecule has 1 aromatic heterocycles. The van der Waals surface area contributed by atoms with E-state index in [1.54, 1.807) is 0 Å². The molecule has 8 heteroatoms. The number of benzene rings is 1. The fourth-order valence-corrected chi connectivity index (χ4v) is 3.34. The first kappa shape index (κ1) is 18.1. The first-order valence-electron chi connectivity index (χ1n) is 8.46. The monoisotopic (exact) mass is 366 g/mol. The maximum Gasteiger partial charge on any atom is 0.229 e. The summed E-state index contributed by atoms with van der Waals surface area (Å²) in [4.78, 5) is 11.5. The molecule has 1 unspecified atom stereocenters. The van der Waals surface area contributed by atoms with E-state index in [-0.39, 0.29) is 18.5 Å². The van der Waals surface area contributed by atoms with Crippen LogP contribution in [0.15, 0.2) is 24.3 Å². The largest absolute Gasteiger partial charge is 0.474 e. The highest BCUT2D eigenvalue weighted by molar-refractivity contribution is 5.85. The molecule has 2 aliphatic rings. The third-order valence-corrected chi connectivity index (χ3v) is 4.69. The normalized spacial score (nSPS) is 26.5. The van der Waals surface area contributed by atoms with Gasteiger partial charge in [-0.1, -0.05) is 12.1 Å². The van der Waals surface area contributed by atoms with Crippen molar-refractivity contribution in [3.05, 3.63) is 24.3 Å². The third kappa shape index (κ3) is 3.79. The van der Waals surface area contributed by atoms with Gasteiger partial charge in [0.25, 0.3) is 0 Å². The second-order valence-corrected chi connectivity index (χ2v) is 6.43. The molecular weight excluding hydrogens is 344 g/mol. The van der Waals surface area contributed by atoms with Gasteiger partial charge in [-0.15, -0.1) is 12.4 Å². The van der Waals surface area contributed by atoms with E-state index < -0.39 is 12.2 Å². The van der Waals surface area contributed by atoms with Crippen LogP contribution in [-0.2, 0) is 0 Å². The number of anilines is 1. The molecule has 1 saturated carbocycles. The number of hydrogen-bond donors (Lipinski definition) is 3. The van der Waals surface area contributed by atoms with Gasteiger partial charge >= 0.3 is 0 Å². The summed E-state index contributed by atoms with van der Waals surface area (Å²) in [6.07, 6.45) is -0.846. The number of nitrogens with one attached hydrogen (secondary N) is 1. The number of rotatable bonds is 3. The fourth-order valence-electron chi connectivity index (χ4n) is 3.34. The summed E-state index contributed by atoms with van der Waals surface area (Å²) in [5.41, 5.74) is 0.843. The molecule has 136 valence electrons. The zero-order valence-electron chi connectivity index (χ0n) is 13.8. The number of aliphatic hydroxyl groups is 2. The molecule has 1 aliphatic heterocycles. The molecule has 4 rings (SSSR count). The molecule has 3 atom stereocenters. The Morgan fingerprint density at radius 3 is 2.44 bits per heavy atom. The molecule has 25 heavy (non-hydrogen) atoms. The van der Waals surface area contributed by atoms with Crippen molar-refractivity contribution in [3.8, 4) is 5.88 Å². The van der Waals surface area contributed by atoms with Crippen LogP contribution in [-0.4, -0.2) is 64.7 Å². The minimum Gasteiger partial charge on any atom is -0.474 e. The minimum atomic E-state index is -0.726. The molecular formula is C17H23ClN4O3. The number of nitrogens with zero attached hydrogens (tertiary/aromatic N) is 3. The lowest BCUT2D eigenvalue weighted by Gasteiger charge is -2.28. The van der Waals surface area contributed by atoms with Gasteiger partial charge in [-0.3, -0.25) is 0 Å². The summed E-state index contributed by atoms with van der Waals surface area (Å²) in [7, 11) is 0. The van der Waals surface area contributed by atoms with E-state index in [0.717, 1.165) is 37.1 Å². The number of ether oxygens (including phenoxy) is 1. The van der Waals surface area contributed by atoms with Gasteiger partial charge in [-0.2, -0.15) is 4.98 Å². The van der Waals surface area contributed by atoms with Gasteiger partial charge in [0.05, 0.1) is 23.1 Å². The second-order valence-electron chi connectivity index (χ2n) is 6.43. The summed E-state index contributed by atoms with van der Waals surface area (Å²) in [5.74, 6) is 1.20. The Kier molecular flexibility index (Phi) is 5.58. The Balaban J connectivity index is 0.00000182. The number of para-hydroxylation sites is 1. The van der Waals surface area contributed by atoms with E-state index >= 15 is 0 Å². The third-order valence-electron chi connectivity index (χ3n) is 4.69. The molecule has 7 nitrogen and oxygen atoms in total. The maximum atomic E-state index is 9.74. The van der Waals surface area contributed by atoms with E-state index in [2.05, 4.69) is 20.2 Å². The maximum absolute atomic E-state index is 9.74. The van der Waals surface area contributed by atoms with E-state index in [9.17, 15) is 10.2 Å². The summed E-state index contributed by atoms with van der Waals surface area (Å²) in [6, 6.07) is 7.77. The summed E-state index contributed by atoms with van der Waals surface area (Å²) in [5, 5.41) is 23.7. The SMILES string of the molecule is Cl.O[C@@H]1CC(Oc2nc(N3CCNCC3)nc3ccccc23)C[C@@H]1O. The van der Waals surface area contributed by atoms with Crippen molar-refractivity contribution in [2.45, 2.75) is 31.2 Å². The zero-order chi connectivity index (χ0) is 16.5. The zero-order valence-corrected chi connectivity index (χ0v) is 14.7. The van der Waals surface area contributed by atoms with Gasteiger partial charge in [0.2, 0.25) is 11.8 Å². The van der Waals surface area contributed by atoms with E-state index in [4.69, 9.17) is 4.74 Å². The predicted molar refractivity (Wildman–Crippen MR) is 97.5 cm³/mol. The van der Waals surface area contributed by atoms with Gasteiger partial charge in [-0.05, 0) is 12.1 Å². The van der Waals surface area contributed by atoms with Gasteiger partial charge < -0.3 is 25.2 Å². The van der Waals surface area contributed by atoms with E-state index in [0.29, 0.717) is 24.7 Å². The molecule has 1 aromatic carbocycles. The van der Waals surface area contributed by atoms with Crippen LogP contribution in [0.25, 0.3) is 10.9 Å². The highest BCUT2D eigenvalue weighted by Crippen LogP contribution is 2.30. The molecule has 0 bridgehead atoms. The highest BCUT2D eigenvalue weighted by atomic mass is 35.5. The molecule has 1 saturated heterocycles. The molecule has 2 heterocycles. The average molecular weight is 367 g/mol. The van der Waals surface area contributed by atoms with Crippen molar-refractivity contribution in [1.82, 2.24) is 15.3 Å². The summed E-state index contributed by atoms with van der Waals surface area (Å²) >= 11 is 0. The van der Waals surface area contributed by atoms with Crippen molar-refractivity contribution in [1.29, 1.82) is 0 Å².